The number of hydrogen-bond acceptors (Lipinski definition) is 5. The standard InChI is InChI=1S/C14H21N3O3/c1-14(2,3)17-6-10-4-5-11(7-15-10)19-9-12-8-16-13(18)20-12/h4-5,7,12,17H,6,8-9H2,1-3H3,(H,16,18). The molecule has 2 N–H and O–H groups in total. The van der Waals surface area contributed by atoms with Crippen LogP contribution in [0.15, 0.2) is 18.3 Å². The lowest BCUT2D eigenvalue weighted by Crippen LogP contribution is -2.35. The number of amides is 1. The van der Waals surface area contributed by atoms with E-state index < -0.39 is 0 Å². The van der Waals surface area contributed by atoms with E-state index in [1.807, 2.05) is 12.1 Å². The number of aromatic nitrogens is 1. The number of nitrogens with zero attached hydrogens (tertiary/aromatic N) is 1. The zero-order chi connectivity index (χ0) is 14.6. The summed E-state index contributed by atoms with van der Waals surface area (Å²) in [5.41, 5.74) is 1.03. The summed E-state index contributed by atoms with van der Waals surface area (Å²) in [6.45, 7) is 7.87. The highest BCUT2D eigenvalue weighted by atomic mass is 16.6. The summed E-state index contributed by atoms with van der Waals surface area (Å²) in [5.74, 6) is 0.674. The number of pyridine rings is 1. The van der Waals surface area contributed by atoms with Crippen LogP contribution < -0.4 is 15.4 Å². The van der Waals surface area contributed by atoms with Crippen molar-refractivity contribution in [3.05, 3.63) is 24.0 Å². The minimum Gasteiger partial charge on any atom is -0.488 e. The van der Waals surface area contributed by atoms with Gasteiger partial charge in [-0.1, -0.05) is 0 Å². The van der Waals surface area contributed by atoms with E-state index in [1.165, 1.54) is 0 Å². The molecule has 1 aromatic rings. The normalized spacial score (nSPS) is 18.6. The minimum atomic E-state index is -0.389. The molecule has 1 fully saturated rings. The van der Waals surface area contributed by atoms with Crippen molar-refractivity contribution in [3.63, 3.8) is 0 Å². The second kappa shape index (κ2) is 6.09. The lowest BCUT2D eigenvalue weighted by Gasteiger charge is -2.20. The van der Waals surface area contributed by atoms with E-state index in [1.54, 1.807) is 6.20 Å². The van der Waals surface area contributed by atoms with Gasteiger partial charge in [0, 0.05) is 12.1 Å². The maximum atomic E-state index is 10.9. The molecule has 0 bridgehead atoms. The molecule has 1 aliphatic heterocycles. The molecule has 6 nitrogen and oxygen atoms in total. The van der Waals surface area contributed by atoms with Crippen LogP contribution in [-0.4, -0.2) is 35.9 Å². The zero-order valence-electron chi connectivity index (χ0n) is 12.1. The van der Waals surface area contributed by atoms with E-state index in [2.05, 4.69) is 36.4 Å². The van der Waals surface area contributed by atoms with Crippen molar-refractivity contribution >= 4 is 6.09 Å². The molecule has 1 unspecified atom stereocenters. The average Bonchev–Trinajstić information content (AvgIpc) is 2.80. The van der Waals surface area contributed by atoms with Gasteiger partial charge in [0.25, 0.3) is 0 Å². The van der Waals surface area contributed by atoms with Crippen LogP contribution in [0.5, 0.6) is 5.75 Å². The molecule has 6 heteroatoms. The number of alkyl carbamates (subject to hydrolysis) is 1. The van der Waals surface area contributed by atoms with Gasteiger partial charge in [-0.25, -0.2) is 4.79 Å². The molecule has 110 valence electrons. The summed E-state index contributed by atoms with van der Waals surface area (Å²) >= 11 is 0. The van der Waals surface area contributed by atoms with Gasteiger partial charge in [0.1, 0.15) is 12.4 Å². The first-order valence-corrected chi connectivity index (χ1v) is 6.70. The van der Waals surface area contributed by atoms with Gasteiger partial charge in [-0.15, -0.1) is 0 Å². The largest absolute Gasteiger partial charge is 0.488 e. The Bertz CT molecular complexity index is 454. The Morgan fingerprint density at radius 1 is 1.50 bits per heavy atom. The van der Waals surface area contributed by atoms with Crippen LogP contribution in [0.2, 0.25) is 0 Å². The first kappa shape index (κ1) is 14.6. The van der Waals surface area contributed by atoms with Crippen molar-refractivity contribution in [3.8, 4) is 5.75 Å². The molecule has 2 rings (SSSR count). The van der Waals surface area contributed by atoms with Crippen LogP contribution in [-0.2, 0) is 11.3 Å². The summed E-state index contributed by atoms with van der Waals surface area (Å²) in [5, 5.41) is 5.95. The van der Waals surface area contributed by atoms with E-state index in [4.69, 9.17) is 9.47 Å². The van der Waals surface area contributed by atoms with Gasteiger partial charge in [0.15, 0.2) is 6.10 Å². The maximum absolute atomic E-state index is 10.9. The monoisotopic (exact) mass is 279 g/mol. The Morgan fingerprint density at radius 3 is 2.85 bits per heavy atom. The molecule has 0 aromatic carbocycles. The van der Waals surface area contributed by atoms with E-state index in [-0.39, 0.29) is 17.7 Å². The highest BCUT2D eigenvalue weighted by Gasteiger charge is 2.22. The van der Waals surface area contributed by atoms with Crippen LogP contribution in [0.25, 0.3) is 0 Å². The molecular formula is C14H21N3O3. The molecule has 20 heavy (non-hydrogen) atoms. The van der Waals surface area contributed by atoms with E-state index in [0.717, 1.165) is 5.69 Å². The summed E-state index contributed by atoms with van der Waals surface area (Å²) in [6.07, 6.45) is 1.06. The number of carbonyl (C=O) groups is 1. The molecule has 1 amide bonds. The second-order valence-corrected chi connectivity index (χ2v) is 5.81. The highest BCUT2D eigenvalue weighted by Crippen LogP contribution is 2.11. The molecule has 0 aliphatic carbocycles. The summed E-state index contributed by atoms with van der Waals surface area (Å²) < 4.78 is 10.5. The Labute approximate surface area is 118 Å². The molecule has 1 atom stereocenters. The predicted molar refractivity (Wildman–Crippen MR) is 74.6 cm³/mol. The lowest BCUT2D eigenvalue weighted by molar-refractivity contribution is 0.104. The molecule has 1 aromatic heterocycles. The summed E-state index contributed by atoms with van der Waals surface area (Å²) in [6, 6.07) is 3.80. The fourth-order valence-electron chi connectivity index (χ4n) is 1.67. The Balaban J connectivity index is 1.78. The smallest absolute Gasteiger partial charge is 0.407 e. The van der Waals surface area contributed by atoms with Gasteiger partial charge in [-0.05, 0) is 32.9 Å². The summed E-state index contributed by atoms with van der Waals surface area (Å²) in [4.78, 5) is 15.2. The van der Waals surface area contributed by atoms with Crippen molar-refractivity contribution < 1.29 is 14.3 Å². The lowest BCUT2D eigenvalue weighted by atomic mass is 10.1. The van der Waals surface area contributed by atoms with Gasteiger partial charge in [-0.2, -0.15) is 0 Å². The van der Waals surface area contributed by atoms with Crippen LogP contribution in [0.3, 0.4) is 0 Å². The highest BCUT2D eigenvalue weighted by molar-refractivity contribution is 5.69. The summed E-state index contributed by atoms with van der Waals surface area (Å²) in [7, 11) is 0. The van der Waals surface area contributed by atoms with E-state index in [0.29, 0.717) is 25.4 Å². The average molecular weight is 279 g/mol. The van der Waals surface area contributed by atoms with Gasteiger partial charge in [-0.3, -0.25) is 4.98 Å². The first-order chi connectivity index (χ1) is 9.42. The van der Waals surface area contributed by atoms with Crippen molar-refractivity contribution in [1.82, 2.24) is 15.6 Å². The van der Waals surface area contributed by atoms with Gasteiger partial charge in [0.05, 0.1) is 18.4 Å². The minimum absolute atomic E-state index is 0.0657. The molecule has 2 heterocycles. The zero-order valence-corrected chi connectivity index (χ0v) is 12.1. The number of rotatable bonds is 5. The van der Waals surface area contributed by atoms with Crippen molar-refractivity contribution in [2.75, 3.05) is 13.2 Å². The molecular weight excluding hydrogens is 258 g/mol. The van der Waals surface area contributed by atoms with Crippen LogP contribution in [0, 0.1) is 0 Å². The van der Waals surface area contributed by atoms with Crippen LogP contribution >= 0.6 is 0 Å². The number of nitrogens with one attached hydrogen (secondary N) is 2. The maximum Gasteiger partial charge on any atom is 0.407 e. The molecule has 0 spiro atoms. The Kier molecular flexibility index (Phi) is 4.44. The quantitative estimate of drug-likeness (QED) is 0.853. The Hall–Kier alpha value is -1.82. The van der Waals surface area contributed by atoms with Crippen molar-refractivity contribution in [1.29, 1.82) is 0 Å². The Morgan fingerprint density at radius 2 is 2.30 bits per heavy atom. The molecule has 1 aliphatic rings. The molecule has 0 radical (unpaired) electrons. The van der Waals surface area contributed by atoms with Crippen LogP contribution in [0.4, 0.5) is 4.79 Å². The van der Waals surface area contributed by atoms with Gasteiger partial charge >= 0.3 is 6.09 Å². The van der Waals surface area contributed by atoms with Crippen molar-refractivity contribution in [2.24, 2.45) is 0 Å². The third-order valence-corrected chi connectivity index (χ3v) is 2.78. The predicted octanol–water partition coefficient (Wildman–Crippen LogP) is 1.46. The van der Waals surface area contributed by atoms with Gasteiger partial charge in [0.2, 0.25) is 0 Å². The SMILES string of the molecule is CC(C)(C)NCc1ccc(OCC2CNC(=O)O2)cn1. The third-order valence-electron chi connectivity index (χ3n) is 2.78. The number of hydrogen-bond donors (Lipinski definition) is 2. The number of cyclic esters (lactones) is 1. The molecule has 1 saturated heterocycles. The number of carbonyl (C=O) groups excluding carboxylic acids is 1. The first-order valence-electron chi connectivity index (χ1n) is 6.70. The fourth-order valence-corrected chi connectivity index (χ4v) is 1.67. The van der Waals surface area contributed by atoms with Crippen LogP contribution in [0.1, 0.15) is 26.5 Å². The topological polar surface area (TPSA) is 72.5 Å². The second-order valence-electron chi connectivity index (χ2n) is 5.81. The number of ether oxygens (including phenoxy) is 2. The molecule has 0 saturated carbocycles. The fraction of sp³-hybridized carbons (Fsp3) is 0.571. The van der Waals surface area contributed by atoms with E-state index in [9.17, 15) is 4.79 Å². The van der Waals surface area contributed by atoms with Crippen molar-refractivity contribution in [2.45, 2.75) is 39.0 Å². The van der Waals surface area contributed by atoms with E-state index >= 15 is 0 Å². The van der Waals surface area contributed by atoms with Gasteiger partial charge < -0.3 is 20.1 Å². The third kappa shape index (κ3) is 4.70.